The standard InChI is InChI=1S/C12H18N/c1-4-10-13(11(2)3)12-8-6-5-7-9-12/h5-9,11H,1,4,10H2,2-3H3. The SMILES string of the molecule is [CH2]CCN(c1ccccc1)C(C)C. The van der Waals surface area contributed by atoms with Crippen molar-refractivity contribution in [2.45, 2.75) is 26.3 Å². The van der Waals surface area contributed by atoms with Crippen molar-refractivity contribution in [2.75, 3.05) is 11.4 Å². The van der Waals surface area contributed by atoms with E-state index in [1.807, 2.05) is 6.07 Å². The average Bonchev–Trinajstić information content (AvgIpc) is 2.15. The van der Waals surface area contributed by atoms with Crippen molar-refractivity contribution in [1.29, 1.82) is 0 Å². The van der Waals surface area contributed by atoms with E-state index >= 15 is 0 Å². The van der Waals surface area contributed by atoms with Gasteiger partial charge in [0, 0.05) is 18.3 Å². The van der Waals surface area contributed by atoms with Crippen LogP contribution in [0, 0.1) is 6.92 Å². The molecule has 0 amide bonds. The summed E-state index contributed by atoms with van der Waals surface area (Å²) in [5, 5.41) is 0. The molecule has 0 fully saturated rings. The zero-order valence-corrected chi connectivity index (χ0v) is 8.53. The molecule has 0 aliphatic carbocycles. The van der Waals surface area contributed by atoms with Gasteiger partial charge in [-0.15, -0.1) is 0 Å². The van der Waals surface area contributed by atoms with Gasteiger partial charge in [-0.2, -0.15) is 0 Å². The molecule has 71 valence electrons. The molecule has 1 heteroatoms. The fourth-order valence-electron chi connectivity index (χ4n) is 1.48. The van der Waals surface area contributed by atoms with Gasteiger partial charge in [-0.1, -0.05) is 25.1 Å². The van der Waals surface area contributed by atoms with E-state index in [1.54, 1.807) is 0 Å². The van der Waals surface area contributed by atoms with Crippen LogP contribution in [0.1, 0.15) is 20.3 Å². The lowest BCUT2D eigenvalue weighted by atomic mass is 10.2. The van der Waals surface area contributed by atoms with Crippen LogP contribution in [0.4, 0.5) is 5.69 Å². The highest BCUT2D eigenvalue weighted by Crippen LogP contribution is 2.16. The lowest BCUT2D eigenvalue weighted by Gasteiger charge is -2.28. The van der Waals surface area contributed by atoms with Gasteiger partial charge in [0.25, 0.3) is 0 Å². The molecule has 1 aromatic rings. The van der Waals surface area contributed by atoms with Crippen molar-refractivity contribution < 1.29 is 0 Å². The smallest absolute Gasteiger partial charge is 0.0368 e. The van der Waals surface area contributed by atoms with E-state index in [0.29, 0.717) is 6.04 Å². The molecular weight excluding hydrogens is 158 g/mol. The molecule has 0 spiro atoms. The van der Waals surface area contributed by atoms with Crippen molar-refractivity contribution in [2.24, 2.45) is 0 Å². The lowest BCUT2D eigenvalue weighted by Crippen LogP contribution is -2.31. The maximum atomic E-state index is 3.89. The first kappa shape index (κ1) is 10.1. The molecule has 0 aliphatic rings. The molecule has 13 heavy (non-hydrogen) atoms. The number of benzene rings is 1. The van der Waals surface area contributed by atoms with E-state index < -0.39 is 0 Å². The van der Waals surface area contributed by atoms with Gasteiger partial charge >= 0.3 is 0 Å². The molecule has 0 bridgehead atoms. The van der Waals surface area contributed by atoms with Crippen molar-refractivity contribution >= 4 is 5.69 Å². The molecule has 0 heterocycles. The second-order valence-electron chi connectivity index (χ2n) is 3.48. The molecule has 1 aromatic carbocycles. The van der Waals surface area contributed by atoms with Crippen molar-refractivity contribution in [1.82, 2.24) is 0 Å². The Morgan fingerprint density at radius 3 is 2.31 bits per heavy atom. The van der Waals surface area contributed by atoms with Gasteiger partial charge in [0.05, 0.1) is 0 Å². The maximum Gasteiger partial charge on any atom is 0.0368 e. The normalized spacial score (nSPS) is 10.5. The number of hydrogen-bond acceptors (Lipinski definition) is 1. The zero-order valence-electron chi connectivity index (χ0n) is 8.53. The Labute approximate surface area is 81.4 Å². The molecule has 1 rings (SSSR count). The number of hydrogen-bond donors (Lipinski definition) is 0. The first-order chi connectivity index (χ1) is 6.25. The topological polar surface area (TPSA) is 3.24 Å². The Hall–Kier alpha value is -0.980. The van der Waals surface area contributed by atoms with Gasteiger partial charge in [0.15, 0.2) is 0 Å². The van der Waals surface area contributed by atoms with Crippen LogP contribution in [-0.4, -0.2) is 12.6 Å². The number of anilines is 1. The Kier molecular flexibility index (Phi) is 3.81. The lowest BCUT2D eigenvalue weighted by molar-refractivity contribution is 0.684. The second kappa shape index (κ2) is 4.90. The fraction of sp³-hybridized carbons (Fsp3) is 0.417. The summed E-state index contributed by atoms with van der Waals surface area (Å²) in [4.78, 5) is 2.37. The molecule has 0 saturated carbocycles. The van der Waals surface area contributed by atoms with Crippen LogP contribution < -0.4 is 4.90 Å². The summed E-state index contributed by atoms with van der Waals surface area (Å²) in [6.45, 7) is 9.34. The third kappa shape index (κ3) is 2.76. The molecule has 0 aliphatic heterocycles. The van der Waals surface area contributed by atoms with Gasteiger partial charge in [0.1, 0.15) is 0 Å². The molecule has 1 nitrogen and oxygen atoms in total. The second-order valence-corrected chi connectivity index (χ2v) is 3.48. The van der Waals surface area contributed by atoms with Gasteiger partial charge in [-0.05, 0) is 32.4 Å². The summed E-state index contributed by atoms with van der Waals surface area (Å²) in [7, 11) is 0. The van der Waals surface area contributed by atoms with Crippen LogP contribution in [0.2, 0.25) is 0 Å². The predicted octanol–water partition coefficient (Wildman–Crippen LogP) is 3.13. The Morgan fingerprint density at radius 2 is 1.85 bits per heavy atom. The minimum atomic E-state index is 0.546. The summed E-state index contributed by atoms with van der Waals surface area (Å²) in [5.41, 5.74) is 1.29. The van der Waals surface area contributed by atoms with E-state index in [0.717, 1.165) is 13.0 Å². The first-order valence-electron chi connectivity index (χ1n) is 4.86. The van der Waals surface area contributed by atoms with E-state index in [-0.39, 0.29) is 0 Å². The largest absolute Gasteiger partial charge is 0.369 e. The Balaban J connectivity index is 2.76. The van der Waals surface area contributed by atoms with E-state index in [1.165, 1.54) is 5.69 Å². The minimum absolute atomic E-state index is 0.546. The maximum absolute atomic E-state index is 3.89. The molecule has 0 aromatic heterocycles. The van der Waals surface area contributed by atoms with Crippen molar-refractivity contribution in [3.05, 3.63) is 37.3 Å². The Morgan fingerprint density at radius 1 is 1.23 bits per heavy atom. The molecule has 0 N–H and O–H groups in total. The van der Waals surface area contributed by atoms with Crippen molar-refractivity contribution in [3.8, 4) is 0 Å². The summed E-state index contributed by atoms with van der Waals surface area (Å²) in [6, 6.07) is 11.0. The van der Waals surface area contributed by atoms with E-state index in [4.69, 9.17) is 0 Å². The van der Waals surface area contributed by atoms with Crippen LogP contribution in [0.3, 0.4) is 0 Å². The van der Waals surface area contributed by atoms with Crippen LogP contribution in [-0.2, 0) is 0 Å². The molecular formula is C12H18N. The molecule has 0 atom stereocenters. The molecule has 0 saturated heterocycles. The number of para-hydroxylation sites is 1. The quantitative estimate of drug-likeness (QED) is 0.681. The Bertz CT molecular complexity index is 228. The van der Waals surface area contributed by atoms with E-state index in [2.05, 4.69) is 49.9 Å². The van der Waals surface area contributed by atoms with Crippen LogP contribution >= 0.6 is 0 Å². The average molecular weight is 176 g/mol. The zero-order chi connectivity index (χ0) is 9.68. The third-order valence-corrected chi connectivity index (χ3v) is 2.11. The summed E-state index contributed by atoms with van der Waals surface area (Å²) < 4.78 is 0. The highest BCUT2D eigenvalue weighted by Gasteiger charge is 2.07. The fourth-order valence-corrected chi connectivity index (χ4v) is 1.48. The van der Waals surface area contributed by atoms with Gasteiger partial charge < -0.3 is 4.90 Å². The highest BCUT2D eigenvalue weighted by molar-refractivity contribution is 5.46. The minimum Gasteiger partial charge on any atom is -0.369 e. The highest BCUT2D eigenvalue weighted by atomic mass is 15.1. The summed E-state index contributed by atoms with van der Waals surface area (Å²) >= 11 is 0. The van der Waals surface area contributed by atoms with Gasteiger partial charge in [-0.25, -0.2) is 0 Å². The summed E-state index contributed by atoms with van der Waals surface area (Å²) in [5.74, 6) is 0. The van der Waals surface area contributed by atoms with E-state index in [9.17, 15) is 0 Å². The third-order valence-electron chi connectivity index (χ3n) is 2.11. The summed E-state index contributed by atoms with van der Waals surface area (Å²) in [6.07, 6.45) is 0.951. The number of nitrogens with zero attached hydrogens (tertiary/aromatic N) is 1. The predicted molar refractivity (Wildman–Crippen MR) is 58.9 cm³/mol. The number of rotatable bonds is 4. The first-order valence-corrected chi connectivity index (χ1v) is 4.86. The van der Waals surface area contributed by atoms with Crippen LogP contribution in [0.25, 0.3) is 0 Å². The van der Waals surface area contributed by atoms with Crippen LogP contribution in [0.15, 0.2) is 30.3 Å². The van der Waals surface area contributed by atoms with Gasteiger partial charge in [0.2, 0.25) is 0 Å². The van der Waals surface area contributed by atoms with Gasteiger partial charge in [-0.3, -0.25) is 0 Å². The molecule has 0 unspecified atom stereocenters. The van der Waals surface area contributed by atoms with Crippen LogP contribution in [0.5, 0.6) is 0 Å². The van der Waals surface area contributed by atoms with Crippen molar-refractivity contribution in [3.63, 3.8) is 0 Å². The molecule has 1 radical (unpaired) electrons. The monoisotopic (exact) mass is 176 g/mol.